The molecule has 1 aliphatic carbocycles. The first-order chi connectivity index (χ1) is 8.29. The van der Waals surface area contributed by atoms with E-state index in [1.54, 1.807) is 0 Å². The standard InChI is InChI=1S/C14H22BrNS/c1-2-16-12(13-9-10-14(15)17-13)8-7-11-5-3-4-6-11/h9-12,16H,2-8H2,1H3. The van der Waals surface area contributed by atoms with Gasteiger partial charge in [0.1, 0.15) is 0 Å². The third-order valence-corrected chi connectivity index (χ3v) is 5.46. The molecule has 0 spiro atoms. The lowest BCUT2D eigenvalue weighted by Gasteiger charge is -2.18. The summed E-state index contributed by atoms with van der Waals surface area (Å²) in [5.74, 6) is 1.000. The highest BCUT2D eigenvalue weighted by Crippen LogP contribution is 2.34. The fraction of sp³-hybridized carbons (Fsp3) is 0.714. The van der Waals surface area contributed by atoms with Crippen LogP contribution in [0.25, 0.3) is 0 Å². The molecular formula is C14H22BrNS. The third-order valence-electron chi connectivity index (χ3n) is 3.73. The first-order valence-corrected chi connectivity index (χ1v) is 8.39. The molecule has 1 unspecified atom stereocenters. The van der Waals surface area contributed by atoms with E-state index >= 15 is 0 Å². The molecule has 0 saturated heterocycles. The van der Waals surface area contributed by atoms with Crippen LogP contribution >= 0.6 is 27.3 Å². The van der Waals surface area contributed by atoms with E-state index in [0.29, 0.717) is 6.04 Å². The van der Waals surface area contributed by atoms with Crippen molar-refractivity contribution in [1.82, 2.24) is 5.32 Å². The Kier molecular flexibility index (Phi) is 5.51. The summed E-state index contributed by atoms with van der Waals surface area (Å²) in [4.78, 5) is 1.48. The fourth-order valence-corrected chi connectivity index (χ4v) is 4.34. The van der Waals surface area contributed by atoms with E-state index < -0.39 is 0 Å². The van der Waals surface area contributed by atoms with Crippen LogP contribution in [0, 0.1) is 5.92 Å². The van der Waals surface area contributed by atoms with E-state index in [0.717, 1.165) is 12.5 Å². The fourth-order valence-electron chi connectivity index (χ4n) is 2.81. The normalized spacial score (nSPS) is 18.7. The van der Waals surface area contributed by atoms with Crippen molar-refractivity contribution in [2.45, 2.75) is 51.5 Å². The zero-order valence-corrected chi connectivity index (χ0v) is 12.9. The van der Waals surface area contributed by atoms with Crippen molar-refractivity contribution in [2.75, 3.05) is 6.54 Å². The largest absolute Gasteiger partial charge is 0.310 e. The second-order valence-electron chi connectivity index (χ2n) is 4.98. The van der Waals surface area contributed by atoms with Gasteiger partial charge in [-0.15, -0.1) is 11.3 Å². The van der Waals surface area contributed by atoms with Crippen molar-refractivity contribution in [3.8, 4) is 0 Å². The van der Waals surface area contributed by atoms with Gasteiger partial charge in [0, 0.05) is 10.9 Å². The Morgan fingerprint density at radius 1 is 1.41 bits per heavy atom. The van der Waals surface area contributed by atoms with Gasteiger partial charge in [-0.2, -0.15) is 0 Å². The van der Waals surface area contributed by atoms with Crippen LogP contribution in [-0.4, -0.2) is 6.54 Å². The van der Waals surface area contributed by atoms with Crippen molar-refractivity contribution in [3.63, 3.8) is 0 Å². The van der Waals surface area contributed by atoms with E-state index in [1.165, 1.54) is 47.2 Å². The second kappa shape index (κ2) is 6.91. The Bertz CT molecular complexity index is 331. The van der Waals surface area contributed by atoms with Crippen molar-refractivity contribution in [2.24, 2.45) is 5.92 Å². The second-order valence-corrected chi connectivity index (χ2v) is 7.47. The van der Waals surface area contributed by atoms with Crippen LogP contribution in [0.2, 0.25) is 0 Å². The Labute approximate surface area is 117 Å². The maximum absolute atomic E-state index is 3.63. The average molecular weight is 316 g/mol. The quantitative estimate of drug-likeness (QED) is 0.767. The van der Waals surface area contributed by atoms with Gasteiger partial charge in [0.05, 0.1) is 3.79 Å². The first-order valence-electron chi connectivity index (χ1n) is 6.78. The van der Waals surface area contributed by atoms with Crippen LogP contribution in [0.3, 0.4) is 0 Å². The maximum Gasteiger partial charge on any atom is 0.0701 e. The molecule has 0 amide bonds. The lowest BCUT2D eigenvalue weighted by Crippen LogP contribution is -2.20. The van der Waals surface area contributed by atoms with Crippen molar-refractivity contribution in [1.29, 1.82) is 0 Å². The molecule has 0 aliphatic heterocycles. The van der Waals surface area contributed by atoms with Crippen molar-refractivity contribution < 1.29 is 0 Å². The Hall–Kier alpha value is 0.140. The Balaban J connectivity index is 1.87. The van der Waals surface area contributed by atoms with Gasteiger partial charge in [0.2, 0.25) is 0 Å². The summed E-state index contributed by atoms with van der Waals surface area (Å²) in [6.07, 6.45) is 8.54. The average Bonchev–Trinajstić information content (AvgIpc) is 2.95. The van der Waals surface area contributed by atoms with Crippen LogP contribution in [0.1, 0.15) is 56.4 Å². The van der Waals surface area contributed by atoms with E-state index in [2.05, 4.69) is 40.3 Å². The molecule has 0 bridgehead atoms. The van der Waals surface area contributed by atoms with Gasteiger partial charge in [0.25, 0.3) is 0 Å². The number of hydrogen-bond acceptors (Lipinski definition) is 2. The van der Waals surface area contributed by atoms with Crippen LogP contribution in [0.15, 0.2) is 15.9 Å². The summed E-state index contributed by atoms with van der Waals surface area (Å²) in [5.41, 5.74) is 0. The predicted molar refractivity (Wildman–Crippen MR) is 79.6 cm³/mol. The van der Waals surface area contributed by atoms with Crippen molar-refractivity contribution >= 4 is 27.3 Å². The highest BCUT2D eigenvalue weighted by atomic mass is 79.9. The van der Waals surface area contributed by atoms with E-state index in [-0.39, 0.29) is 0 Å². The molecule has 1 aliphatic rings. The van der Waals surface area contributed by atoms with Gasteiger partial charge in [-0.05, 0) is 53.4 Å². The SMILES string of the molecule is CCNC(CCC1CCCC1)c1ccc(Br)s1. The van der Waals surface area contributed by atoms with E-state index in [4.69, 9.17) is 0 Å². The summed E-state index contributed by atoms with van der Waals surface area (Å²) >= 11 is 5.43. The molecule has 17 heavy (non-hydrogen) atoms. The van der Waals surface area contributed by atoms with Crippen LogP contribution < -0.4 is 5.32 Å². The molecule has 1 aromatic heterocycles. The summed E-state index contributed by atoms with van der Waals surface area (Å²) in [6.45, 7) is 3.26. The van der Waals surface area contributed by atoms with Crippen LogP contribution in [0.4, 0.5) is 0 Å². The van der Waals surface area contributed by atoms with Gasteiger partial charge in [-0.25, -0.2) is 0 Å². The van der Waals surface area contributed by atoms with Crippen molar-refractivity contribution in [3.05, 3.63) is 20.8 Å². The van der Waals surface area contributed by atoms with Crippen LogP contribution in [0.5, 0.6) is 0 Å². The highest BCUT2D eigenvalue weighted by molar-refractivity contribution is 9.11. The monoisotopic (exact) mass is 315 g/mol. The van der Waals surface area contributed by atoms with E-state index in [9.17, 15) is 0 Å². The van der Waals surface area contributed by atoms with Gasteiger partial charge in [-0.1, -0.05) is 32.6 Å². The molecule has 1 atom stereocenters. The summed E-state index contributed by atoms with van der Waals surface area (Å²) < 4.78 is 1.25. The molecular weight excluding hydrogens is 294 g/mol. The minimum atomic E-state index is 0.567. The number of rotatable bonds is 6. The minimum Gasteiger partial charge on any atom is -0.310 e. The van der Waals surface area contributed by atoms with Gasteiger partial charge in [0.15, 0.2) is 0 Å². The Morgan fingerprint density at radius 2 is 2.18 bits per heavy atom. The van der Waals surface area contributed by atoms with Crippen LogP contribution in [-0.2, 0) is 0 Å². The minimum absolute atomic E-state index is 0.567. The smallest absolute Gasteiger partial charge is 0.0701 e. The predicted octanol–water partition coefficient (Wildman–Crippen LogP) is 5.13. The van der Waals surface area contributed by atoms with Gasteiger partial charge >= 0.3 is 0 Å². The summed E-state index contributed by atoms with van der Waals surface area (Å²) in [5, 5.41) is 3.63. The number of hydrogen-bond donors (Lipinski definition) is 1. The molecule has 96 valence electrons. The zero-order chi connectivity index (χ0) is 12.1. The van der Waals surface area contributed by atoms with E-state index in [1.807, 2.05) is 11.3 Å². The molecule has 1 saturated carbocycles. The molecule has 1 aromatic rings. The molecule has 1 heterocycles. The highest BCUT2D eigenvalue weighted by Gasteiger charge is 2.18. The maximum atomic E-state index is 3.63. The molecule has 1 N–H and O–H groups in total. The van der Waals surface area contributed by atoms with Gasteiger partial charge < -0.3 is 5.32 Å². The number of thiophene rings is 1. The molecule has 1 nitrogen and oxygen atoms in total. The summed E-state index contributed by atoms with van der Waals surface area (Å²) in [7, 11) is 0. The molecule has 3 heteroatoms. The lowest BCUT2D eigenvalue weighted by molar-refractivity contribution is 0.420. The molecule has 1 fully saturated rings. The summed E-state index contributed by atoms with van der Waals surface area (Å²) in [6, 6.07) is 4.99. The topological polar surface area (TPSA) is 12.0 Å². The zero-order valence-electron chi connectivity index (χ0n) is 10.5. The number of nitrogens with one attached hydrogen (secondary N) is 1. The molecule has 2 rings (SSSR count). The number of halogens is 1. The first kappa shape index (κ1) is 13.6. The lowest BCUT2D eigenvalue weighted by atomic mass is 9.98. The van der Waals surface area contributed by atoms with Gasteiger partial charge in [-0.3, -0.25) is 0 Å². The molecule has 0 aromatic carbocycles. The molecule has 0 radical (unpaired) electrons. The Morgan fingerprint density at radius 3 is 2.76 bits per heavy atom. The third kappa shape index (κ3) is 4.08.